The van der Waals surface area contributed by atoms with Crippen molar-refractivity contribution in [1.82, 2.24) is 0 Å². The third-order valence-electron chi connectivity index (χ3n) is 6.66. The predicted molar refractivity (Wildman–Crippen MR) is 127 cm³/mol. The standard InChI is InChI=1S/C25H33ClO4S/c26-23-14-12-19(31-23)17-25(15-6-16-25)22(28)9-5-8-20-18(11-13-21(20)27)7-3-1-2-4-10-24(29)30/h1,3,5,8,11-12,14,20-22,27-28H,2,4,6-7,9-10,13,15-17H2,(H,29,30)/t20-,21-,22?/m1/s1. The quantitative estimate of drug-likeness (QED) is 0.264. The van der Waals surface area contributed by atoms with Crippen LogP contribution in [0.4, 0.5) is 0 Å². The van der Waals surface area contributed by atoms with Crippen LogP contribution in [-0.4, -0.2) is 33.5 Å². The lowest BCUT2D eigenvalue weighted by molar-refractivity contribution is -0.137. The van der Waals surface area contributed by atoms with Gasteiger partial charge >= 0.3 is 5.97 Å². The number of unbranched alkanes of at least 4 members (excludes halogenated alkanes) is 1. The lowest BCUT2D eigenvalue weighted by Crippen LogP contribution is -2.42. The predicted octanol–water partition coefficient (Wildman–Crippen LogP) is 5.93. The summed E-state index contributed by atoms with van der Waals surface area (Å²) in [6.45, 7) is 0. The second kappa shape index (κ2) is 11.5. The average molecular weight is 465 g/mol. The Kier molecular flexibility index (Phi) is 8.96. The van der Waals surface area contributed by atoms with Gasteiger partial charge in [-0.3, -0.25) is 4.79 Å². The molecule has 1 aromatic heterocycles. The summed E-state index contributed by atoms with van der Waals surface area (Å²) in [5.41, 5.74) is 1.14. The van der Waals surface area contributed by atoms with Crippen molar-refractivity contribution in [3.8, 4) is 0 Å². The fourth-order valence-electron chi connectivity index (χ4n) is 4.64. The van der Waals surface area contributed by atoms with Gasteiger partial charge < -0.3 is 15.3 Å². The summed E-state index contributed by atoms with van der Waals surface area (Å²) in [7, 11) is 0. The molecule has 1 saturated carbocycles. The molecule has 2 aliphatic rings. The number of aliphatic carboxylic acids is 1. The summed E-state index contributed by atoms with van der Waals surface area (Å²) < 4.78 is 0.796. The van der Waals surface area contributed by atoms with Gasteiger partial charge in [0.1, 0.15) is 0 Å². The van der Waals surface area contributed by atoms with Crippen molar-refractivity contribution < 1.29 is 20.1 Å². The minimum Gasteiger partial charge on any atom is -0.481 e. The van der Waals surface area contributed by atoms with Crippen LogP contribution in [0.1, 0.15) is 62.7 Å². The fraction of sp³-hybridized carbons (Fsp3) is 0.560. The zero-order valence-corrected chi connectivity index (χ0v) is 19.5. The maximum Gasteiger partial charge on any atom is 0.303 e. The summed E-state index contributed by atoms with van der Waals surface area (Å²) in [5.74, 6) is -0.769. The van der Waals surface area contributed by atoms with E-state index < -0.39 is 18.2 Å². The molecular formula is C25H33ClO4S. The summed E-state index contributed by atoms with van der Waals surface area (Å²) in [6.07, 6.45) is 17.2. The Bertz CT molecular complexity index is 821. The van der Waals surface area contributed by atoms with Crippen molar-refractivity contribution in [2.24, 2.45) is 11.3 Å². The first-order valence-electron chi connectivity index (χ1n) is 11.2. The van der Waals surface area contributed by atoms with Gasteiger partial charge in [0.25, 0.3) is 0 Å². The van der Waals surface area contributed by atoms with E-state index >= 15 is 0 Å². The van der Waals surface area contributed by atoms with Crippen molar-refractivity contribution in [3.63, 3.8) is 0 Å². The van der Waals surface area contributed by atoms with E-state index in [4.69, 9.17) is 16.7 Å². The molecule has 0 spiro atoms. The molecule has 0 aliphatic heterocycles. The second-order valence-corrected chi connectivity index (χ2v) is 10.6. The van der Waals surface area contributed by atoms with Gasteiger partial charge in [0.2, 0.25) is 0 Å². The summed E-state index contributed by atoms with van der Waals surface area (Å²) in [5, 5.41) is 30.0. The van der Waals surface area contributed by atoms with Crippen LogP contribution in [0, 0.1) is 11.3 Å². The summed E-state index contributed by atoms with van der Waals surface area (Å²) >= 11 is 7.67. The monoisotopic (exact) mass is 464 g/mol. The molecule has 4 nitrogen and oxygen atoms in total. The number of halogens is 1. The Morgan fingerprint density at radius 2 is 2.10 bits per heavy atom. The topological polar surface area (TPSA) is 77.8 Å². The molecule has 1 fully saturated rings. The van der Waals surface area contributed by atoms with Crippen LogP contribution in [0.5, 0.6) is 0 Å². The molecule has 0 bridgehead atoms. The number of carbonyl (C=O) groups is 1. The van der Waals surface area contributed by atoms with E-state index in [2.05, 4.69) is 24.3 Å². The maximum absolute atomic E-state index is 10.9. The Labute approximate surface area is 194 Å². The molecule has 1 heterocycles. The van der Waals surface area contributed by atoms with Crippen LogP contribution in [-0.2, 0) is 11.2 Å². The highest BCUT2D eigenvalue weighted by Gasteiger charge is 2.43. The third kappa shape index (κ3) is 6.79. The fourth-order valence-corrected chi connectivity index (χ4v) is 5.88. The molecule has 3 atom stereocenters. The van der Waals surface area contributed by atoms with Crippen LogP contribution in [0.15, 0.2) is 48.1 Å². The lowest BCUT2D eigenvalue weighted by atomic mass is 9.62. The minimum atomic E-state index is -0.759. The molecule has 6 heteroatoms. The van der Waals surface area contributed by atoms with Gasteiger partial charge in [-0.1, -0.05) is 54.0 Å². The van der Waals surface area contributed by atoms with Gasteiger partial charge in [0.05, 0.1) is 16.5 Å². The van der Waals surface area contributed by atoms with E-state index in [1.807, 2.05) is 18.2 Å². The second-order valence-electron chi connectivity index (χ2n) is 8.85. The highest BCUT2D eigenvalue weighted by Crippen LogP contribution is 2.48. The Morgan fingerprint density at radius 3 is 2.74 bits per heavy atom. The smallest absolute Gasteiger partial charge is 0.303 e. The number of thiophene rings is 1. The highest BCUT2D eigenvalue weighted by molar-refractivity contribution is 7.16. The number of aliphatic hydroxyl groups excluding tert-OH is 2. The number of aliphatic hydroxyl groups is 2. The molecule has 0 radical (unpaired) electrons. The van der Waals surface area contributed by atoms with Crippen LogP contribution in [0.2, 0.25) is 4.34 Å². The zero-order chi connectivity index (χ0) is 22.3. The first-order valence-corrected chi connectivity index (χ1v) is 12.4. The first-order chi connectivity index (χ1) is 14.9. The van der Waals surface area contributed by atoms with Crippen LogP contribution >= 0.6 is 22.9 Å². The normalized spacial score (nSPS) is 23.9. The van der Waals surface area contributed by atoms with Crippen molar-refractivity contribution >= 4 is 28.9 Å². The van der Waals surface area contributed by atoms with E-state index in [1.165, 1.54) is 10.5 Å². The molecule has 170 valence electrons. The Hall–Kier alpha value is -1.40. The minimum absolute atomic E-state index is 0.00990. The van der Waals surface area contributed by atoms with E-state index in [9.17, 15) is 15.0 Å². The summed E-state index contributed by atoms with van der Waals surface area (Å²) in [4.78, 5) is 11.8. The molecule has 31 heavy (non-hydrogen) atoms. The zero-order valence-electron chi connectivity index (χ0n) is 17.9. The molecule has 1 aromatic rings. The number of allylic oxidation sites excluding steroid dienone is 2. The molecule has 1 unspecified atom stereocenters. The maximum atomic E-state index is 10.9. The number of hydrogen-bond donors (Lipinski definition) is 3. The number of carboxylic acid groups (broad SMARTS) is 1. The number of carboxylic acids is 1. The molecule has 3 N–H and O–H groups in total. The molecule has 0 saturated heterocycles. The van der Waals surface area contributed by atoms with E-state index in [0.717, 1.165) is 42.9 Å². The molecule has 2 aliphatic carbocycles. The van der Waals surface area contributed by atoms with Crippen molar-refractivity contribution in [2.75, 3.05) is 0 Å². The third-order valence-corrected chi connectivity index (χ3v) is 7.89. The van der Waals surface area contributed by atoms with Gasteiger partial charge in [-0.05, 0) is 63.5 Å². The number of rotatable bonds is 12. The van der Waals surface area contributed by atoms with Crippen LogP contribution in [0.25, 0.3) is 0 Å². The average Bonchev–Trinajstić information content (AvgIpc) is 3.26. The molecule has 0 amide bonds. The molecule has 3 rings (SSSR count). The van der Waals surface area contributed by atoms with Gasteiger partial charge in [0.15, 0.2) is 0 Å². The summed E-state index contributed by atoms with van der Waals surface area (Å²) in [6, 6.07) is 3.99. The Balaban J connectivity index is 1.49. The van der Waals surface area contributed by atoms with Crippen molar-refractivity contribution in [3.05, 3.63) is 57.3 Å². The number of hydrogen-bond acceptors (Lipinski definition) is 4. The molecular weight excluding hydrogens is 432 g/mol. The largest absolute Gasteiger partial charge is 0.481 e. The van der Waals surface area contributed by atoms with Gasteiger partial charge in [-0.2, -0.15) is 0 Å². The molecule has 0 aromatic carbocycles. The lowest BCUT2D eigenvalue weighted by Gasteiger charge is -2.45. The Morgan fingerprint density at radius 1 is 1.29 bits per heavy atom. The SMILES string of the molecule is O=C(O)CCCC=CCC1=CC[C@@H](O)[C@@H]1C=CCC(O)C1(Cc2ccc(Cl)s2)CCC1. The van der Waals surface area contributed by atoms with E-state index in [1.54, 1.807) is 11.3 Å². The van der Waals surface area contributed by atoms with Crippen LogP contribution in [0.3, 0.4) is 0 Å². The van der Waals surface area contributed by atoms with Gasteiger partial charge in [-0.15, -0.1) is 11.3 Å². The first kappa shape index (κ1) is 24.2. The van der Waals surface area contributed by atoms with E-state index in [0.29, 0.717) is 19.3 Å². The van der Waals surface area contributed by atoms with Gasteiger partial charge in [0, 0.05) is 22.6 Å². The van der Waals surface area contributed by atoms with Crippen LogP contribution < -0.4 is 0 Å². The van der Waals surface area contributed by atoms with Crippen molar-refractivity contribution in [1.29, 1.82) is 0 Å². The van der Waals surface area contributed by atoms with Gasteiger partial charge in [-0.25, -0.2) is 0 Å². The van der Waals surface area contributed by atoms with Crippen molar-refractivity contribution in [2.45, 2.75) is 76.4 Å². The van der Waals surface area contributed by atoms with E-state index in [-0.39, 0.29) is 17.8 Å². The highest BCUT2D eigenvalue weighted by atomic mass is 35.5.